The number of hydrogen-bond donors (Lipinski definition) is 1. The van der Waals surface area contributed by atoms with E-state index in [0.717, 1.165) is 22.3 Å². The minimum Gasteiger partial charge on any atom is -0.481 e. The predicted molar refractivity (Wildman–Crippen MR) is 80.8 cm³/mol. The van der Waals surface area contributed by atoms with Crippen molar-refractivity contribution in [1.29, 1.82) is 0 Å². The predicted octanol–water partition coefficient (Wildman–Crippen LogP) is 3.93. The van der Waals surface area contributed by atoms with Crippen LogP contribution < -0.4 is 0 Å². The number of carboxylic acid groups (broad SMARTS) is 1. The Morgan fingerprint density at radius 2 is 1.90 bits per heavy atom. The number of carbonyl (C=O) groups is 1. The van der Waals surface area contributed by atoms with E-state index in [1.54, 1.807) is 6.07 Å². The van der Waals surface area contributed by atoms with Gasteiger partial charge in [-0.15, -0.1) is 0 Å². The normalized spacial score (nSPS) is 12.1. The highest BCUT2D eigenvalue weighted by Gasteiger charge is 2.20. The number of aliphatic carboxylic acids is 1. The topological polar surface area (TPSA) is 37.3 Å². The van der Waals surface area contributed by atoms with Crippen molar-refractivity contribution < 1.29 is 14.3 Å². The quantitative estimate of drug-likeness (QED) is 0.904. The van der Waals surface area contributed by atoms with Gasteiger partial charge in [0.25, 0.3) is 0 Å². The van der Waals surface area contributed by atoms with E-state index in [9.17, 15) is 14.3 Å². The van der Waals surface area contributed by atoms with Gasteiger partial charge in [0.1, 0.15) is 5.82 Å². The lowest BCUT2D eigenvalue weighted by atomic mass is 9.90. The molecule has 0 aliphatic carbocycles. The van der Waals surface area contributed by atoms with Crippen LogP contribution >= 0.6 is 0 Å². The summed E-state index contributed by atoms with van der Waals surface area (Å²) >= 11 is 0. The first-order valence-corrected chi connectivity index (χ1v) is 6.99. The lowest BCUT2D eigenvalue weighted by Gasteiger charge is -2.14. The van der Waals surface area contributed by atoms with E-state index in [0.29, 0.717) is 12.8 Å². The molecule has 1 atom stereocenters. The molecule has 0 aliphatic heterocycles. The molecule has 0 saturated carbocycles. The molecular formula is C18H19FO2. The number of hydrogen-bond acceptors (Lipinski definition) is 1. The zero-order valence-electron chi connectivity index (χ0n) is 12.3. The molecule has 0 bridgehead atoms. The smallest absolute Gasteiger partial charge is 0.307 e. The molecular weight excluding hydrogens is 267 g/mol. The van der Waals surface area contributed by atoms with Gasteiger partial charge in [-0.05, 0) is 55.5 Å². The van der Waals surface area contributed by atoms with Crippen LogP contribution in [-0.4, -0.2) is 11.1 Å². The van der Waals surface area contributed by atoms with Gasteiger partial charge in [-0.25, -0.2) is 4.39 Å². The third-order valence-electron chi connectivity index (χ3n) is 3.69. The summed E-state index contributed by atoms with van der Waals surface area (Å²) in [5.74, 6) is -1.72. The van der Waals surface area contributed by atoms with Gasteiger partial charge in [0.2, 0.25) is 0 Å². The van der Waals surface area contributed by atoms with Gasteiger partial charge in [-0.3, -0.25) is 4.79 Å². The number of benzene rings is 2. The molecule has 0 aromatic heterocycles. The van der Waals surface area contributed by atoms with Crippen LogP contribution in [0.2, 0.25) is 0 Å². The van der Waals surface area contributed by atoms with Crippen LogP contribution in [0.25, 0.3) is 0 Å². The number of halogens is 1. The second-order valence-corrected chi connectivity index (χ2v) is 5.50. The van der Waals surface area contributed by atoms with Gasteiger partial charge >= 0.3 is 5.97 Å². The Labute approximate surface area is 124 Å². The Morgan fingerprint density at radius 1 is 1.14 bits per heavy atom. The summed E-state index contributed by atoms with van der Waals surface area (Å²) in [6.07, 6.45) is 0.792. The molecule has 0 amide bonds. The summed E-state index contributed by atoms with van der Waals surface area (Å²) < 4.78 is 13.3. The minimum absolute atomic E-state index is 0.324. The van der Waals surface area contributed by atoms with E-state index < -0.39 is 11.9 Å². The van der Waals surface area contributed by atoms with Crippen LogP contribution in [0.5, 0.6) is 0 Å². The van der Waals surface area contributed by atoms with Crippen LogP contribution in [-0.2, 0) is 17.6 Å². The van der Waals surface area contributed by atoms with Crippen LogP contribution in [0.1, 0.15) is 22.3 Å². The van der Waals surface area contributed by atoms with E-state index >= 15 is 0 Å². The third-order valence-corrected chi connectivity index (χ3v) is 3.69. The highest BCUT2D eigenvalue weighted by Crippen LogP contribution is 2.19. The van der Waals surface area contributed by atoms with Gasteiger partial charge in [0.05, 0.1) is 5.92 Å². The molecule has 0 fully saturated rings. The molecule has 1 unspecified atom stereocenters. The Balaban J connectivity index is 2.20. The van der Waals surface area contributed by atoms with E-state index in [-0.39, 0.29) is 5.82 Å². The summed E-state index contributed by atoms with van der Waals surface area (Å²) in [5, 5.41) is 9.43. The molecule has 110 valence electrons. The van der Waals surface area contributed by atoms with Crippen molar-refractivity contribution in [2.24, 2.45) is 5.92 Å². The number of carboxylic acids is 1. The van der Waals surface area contributed by atoms with Crippen molar-refractivity contribution in [3.8, 4) is 0 Å². The second-order valence-electron chi connectivity index (χ2n) is 5.50. The van der Waals surface area contributed by atoms with Crippen LogP contribution in [0.15, 0.2) is 42.5 Å². The van der Waals surface area contributed by atoms with Crippen LogP contribution in [0.3, 0.4) is 0 Å². The highest BCUT2D eigenvalue weighted by atomic mass is 19.1. The number of aryl methyl sites for hydroxylation is 2. The molecule has 0 spiro atoms. The molecule has 21 heavy (non-hydrogen) atoms. The Kier molecular flexibility index (Phi) is 4.73. The van der Waals surface area contributed by atoms with Crippen molar-refractivity contribution in [2.45, 2.75) is 26.7 Å². The lowest BCUT2D eigenvalue weighted by Crippen LogP contribution is -2.19. The Hall–Kier alpha value is -2.16. The molecule has 3 heteroatoms. The molecule has 0 saturated heterocycles. The average Bonchev–Trinajstić information content (AvgIpc) is 2.42. The van der Waals surface area contributed by atoms with Gasteiger partial charge in [-0.1, -0.05) is 35.9 Å². The highest BCUT2D eigenvalue weighted by molar-refractivity contribution is 5.71. The maximum Gasteiger partial charge on any atom is 0.307 e. The third kappa shape index (κ3) is 4.15. The largest absolute Gasteiger partial charge is 0.481 e. The van der Waals surface area contributed by atoms with Gasteiger partial charge in [0, 0.05) is 0 Å². The van der Waals surface area contributed by atoms with Crippen LogP contribution in [0.4, 0.5) is 4.39 Å². The van der Waals surface area contributed by atoms with E-state index in [1.165, 1.54) is 12.1 Å². The van der Waals surface area contributed by atoms with Crippen LogP contribution in [0, 0.1) is 25.6 Å². The standard InChI is InChI=1S/C18H19FO2/c1-12-4-3-5-14(8-12)9-16(18(20)21)10-15-11-17(19)7-6-13(15)2/h3-8,11,16H,9-10H2,1-2H3,(H,20,21). The fraction of sp³-hybridized carbons (Fsp3) is 0.278. The SMILES string of the molecule is Cc1cccc(CC(Cc2cc(F)ccc2C)C(=O)O)c1. The zero-order valence-corrected chi connectivity index (χ0v) is 12.3. The lowest BCUT2D eigenvalue weighted by molar-refractivity contribution is -0.141. The average molecular weight is 286 g/mol. The summed E-state index contributed by atoms with van der Waals surface area (Å²) in [6.45, 7) is 3.86. The summed E-state index contributed by atoms with van der Waals surface area (Å²) in [7, 11) is 0. The molecule has 2 nitrogen and oxygen atoms in total. The Bertz CT molecular complexity index is 649. The number of rotatable bonds is 5. The Morgan fingerprint density at radius 3 is 2.57 bits per heavy atom. The molecule has 0 aliphatic rings. The molecule has 2 aromatic carbocycles. The fourth-order valence-corrected chi connectivity index (χ4v) is 2.50. The molecule has 2 rings (SSSR count). The van der Waals surface area contributed by atoms with Gasteiger partial charge in [-0.2, -0.15) is 0 Å². The van der Waals surface area contributed by atoms with Gasteiger partial charge < -0.3 is 5.11 Å². The van der Waals surface area contributed by atoms with Crippen molar-refractivity contribution in [3.05, 3.63) is 70.5 Å². The van der Waals surface area contributed by atoms with Crippen molar-refractivity contribution in [2.75, 3.05) is 0 Å². The van der Waals surface area contributed by atoms with E-state index in [4.69, 9.17) is 0 Å². The monoisotopic (exact) mass is 286 g/mol. The second kappa shape index (κ2) is 6.53. The summed E-state index contributed by atoms with van der Waals surface area (Å²) in [5.41, 5.74) is 3.79. The first kappa shape index (κ1) is 15.2. The maximum atomic E-state index is 13.3. The summed E-state index contributed by atoms with van der Waals surface area (Å²) in [6, 6.07) is 12.4. The maximum absolute atomic E-state index is 13.3. The molecule has 2 aromatic rings. The minimum atomic E-state index is -0.847. The fourth-order valence-electron chi connectivity index (χ4n) is 2.50. The van der Waals surface area contributed by atoms with Crippen molar-refractivity contribution in [3.63, 3.8) is 0 Å². The van der Waals surface area contributed by atoms with Gasteiger partial charge in [0.15, 0.2) is 0 Å². The van der Waals surface area contributed by atoms with Crippen molar-refractivity contribution in [1.82, 2.24) is 0 Å². The molecule has 1 N–H and O–H groups in total. The zero-order chi connectivity index (χ0) is 15.4. The molecule has 0 heterocycles. The first-order valence-electron chi connectivity index (χ1n) is 6.99. The van der Waals surface area contributed by atoms with E-state index in [1.807, 2.05) is 38.1 Å². The first-order chi connectivity index (χ1) is 9.95. The van der Waals surface area contributed by atoms with Crippen molar-refractivity contribution >= 4 is 5.97 Å². The molecule has 0 radical (unpaired) electrons. The summed E-state index contributed by atoms with van der Waals surface area (Å²) in [4.78, 5) is 11.5. The van der Waals surface area contributed by atoms with E-state index in [2.05, 4.69) is 0 Å².